The van der Waals surface area contributed by atoms with E-state index in [0.29, 0.717) is 0 Å². The maximum atomic E-state index is 11.4. The van der Waals surface area contributed by atoms with Crippen LogP contribution in [0.25, 0.3) is 0 Å². The van der Waals surface area contributed by atoms with Gasteiger partial charge in [-0.15, -0.1) is 11.5 Å². The molecule has 0 amide bonds. The fourth-order valence-electron chi connectivity index (χ4n) is 1.39. The summed E-state index contributed by atoms with van der Waals surface area (Å²) in [5.41, 5.74) is 3.35. The second kappa shape index (κ2) is 7.06. The van der Waals surface area contributed by atoms with Gasteiger partial charge in [-0.05, 0) is 24.1 Å². The monoisotopic (exact) mass is 312 g/mol. The van der Waals surface area contributed by atoms with E-state index >= 15 is 0 Å². The Kier molecular flexibility index (Phi) is 6.93. The number of carbonyl (C=O) groups excluding carboxylic acids is 1. The molecule has 4 heteroatoms. The van der Waals surface area contributed by atoms with Crippen LogP contribution in [0.5, 0.6) is 0 Å². The first-order chi connectivity index (χ1) is 8.80. The lowest BCUT2D eigenvalue weighted by Gasteiger charge is -2.39. The minimum atomic E-state index is -1.90. The van der Waals surface area contributed by atoms with Gasteiger partial charge >= 0.3 is 0 Å². The zero-order valence-electron chi connectivity index (χ0n) is 14.8. The molecule has 0 bridgehead atoms. The topological polar surface area (TPSA) is 26.3 Å². The van der Waals surface area contributed by atoms with Crippen molar-refractivity contribution in [2.75, 3.05) is 0 Å². The van der Waals surface area contributed by atoms with E-state index in [1.165, 1.54) is 0 Å². The Labute approximate surface area is 127 Å². The zero-order chi connectivity index (χ0) is 16.2. The van der Waals surface area contributed by atoms with E-state index in [4.69, 9.17) is 4.43 Å². The van der Waals surface area contributed by atoms with Crippen LogP contribution in [0, 0.1) is 17.4 Å². The molecular formula is C16H32O2Si2. The summed E-state index contributed by atoms with van der Waals surface area (Å²) in [5, 5.41) is 0.123. The van der Waals surface area contributed by atoms with Crippen molar-refractivity contribution >= 4 is 22.7 Å². The van der Waals surface area contributed by atoms with Crippen molar-refractivity contribution in [3.8, 4) is 11.5 Å². The summed E-state index contributed by atoms with van der Waals surface area (Å²) < 4.78 is 6.21. The van der Waals surface area contributed by atoms with Crippen molar-refractivity contribution in [3.63, 3.8) is 0 Å². The average molecular weight is 313 g/mol. The van der Waals surface area contributed by atoms with Gasteiger partial charge < -0.3 is 9.22 Å². The highest BCUT2D eigenvalue weighted by Gasteiger charge is 2.40. The molecule has 20 heavy (non-hydrogen) atoms. The summed E-state index contributed by atoms with van der Waals surface area (Å²) >= 11 is 0. The molecule has 0 fully saturated rings. The number of hydrogen-bond donors (Lipinski definition) is 0. The quantitative estimate of drug-likeness (QED) is 0.425. The molecule has 116 valence electrons. The van der Waals surface area contributed by atoms with Gasteiger partial charge in [-0.1, -0.05) is 47.3 Å². The predicted molar refractivity (Wildman–Crippen MR) is 93.0 cm³/mol. The SMILES string of the molecule is C[C@H](CC#C[Si](C)(C)C)[C@@H](C=O)O[Si](C)(C)C(C)(C)C. The summed E-state index contributed by atoms with van der Waals surface area (Å²) in [6, 6.07) is 0. The first-order valence-corrected chi connectivity index (χ1v) is 13.8. The van der Waals surface area contributed by atoms with Crippen molar-refractivity contribution in [3.05, 3.63) is 0 Å². The van der Waals surface area contributed by atoms with E-state index in [9.17, 15) is 4.79 Å². The van der Waals surface area contributed by atoms with Crippen molar-refractivity contribution in [1.82, 2.24) is 0 Å². The van der Waals surface area contributed by atoms with Crippen molar-refractivity contribution in [1.29, 1.82) is 0 Å². The molecule has 0 N–H and O–H groups in total. The summed E-state index contributed by atoms with van der Waals surface area (Å²) in [7, 11) is -3.23. The highest BCUT2D eigenvalue weighted by Crippen LogP contribution is 2.37. The van der Waals surface area contributed by atoms with E-state index < -0.39 is 16.4 Å². The Hall–Kier alpha value is -0.376. The van der Waals surface area contributed by atoms with Gasteiger partial charge in [0.1, 0.15) is 20.5 Å². The standard InChI is InChI=1S/C16H32O2Si2/c1-14(11-10-12-19(5,6)7)15(13-17)18-20(8,9)16(2,3)4/h13-15H,11H2,1-9H3/t14-,15-/m1/s1. The molecule has 0 radical (unpaired) electrons. The average Bonchev–Trinajstić information content (AvgIpc) is 2.22. The van der Waals surface area contributed by atoms with E-state index in [-0.39, 0.29) is 17.1 Å². The highest BCUT2D eigenvalue weighted by molar-refractivity contribution is 6.83. The second-order valence-corrected chi connectivity index (χ2v) is 17.7. The Balaban J connectivity index is 4.76. The molecule has 0 aromatic heterocycles. The van der Waals surface area contributed by atoms with Crippen molar-refractivity contribution in [2.45, 2.75) is 78.0 Å². The molecule has 0 unspecified atom stereocenters. The molecule has 0 aliphatic heterocycles. The van der Waals surface area contributed by atoms with E-state index in [1.807, 2.05) is 0 Å². The lowest BCUT2D eigenvalue weighted by Crippen LogP contribution is -2.46. The summed E-state index contributed by atoms with van der Waals surface area (Å²) in [6.45, 7) is 19.7. The van der Waals surface area contributed by atoms with E-state index in [1.54, 1.807) is 0 Å². The molecular weight excluding hydrogens is 280 g/mol. The summed E-state index contributed by atoms with van der Waals surface area (Å²) in [6.07, 6.45) is 1.37. The van der Waals surface area contributed by atoms with Gasteiger partial charge in [-0.3, -0.25) is 0 Å². The van der Waals surface area contributed by atoms with Crippen LogP contribution in [0.3, 0.4) is 0 Å². The van der Waals surface area contributed by atoms with Crippen LogP contribution in [0.4, 0.5) is 0 Å². The van der Waals surface area contributed by atoms with Crippen LogP contribution in [-0.4, -0.2) is 28.8 Å². The van der Waals surface area contributed by atoms with Crippen LogP contribution < -0.4 is 0 Å². The Morgan fingerprint density at radius 2 is 1.65 bits per heavy atom. The van der Waals surface area contributed by atoms with Gasteiger partial charge in [0.05, 0.1) is 0 Å². The van der Waals surface area contributed by atoms with Gasteiger partial charge in [-0.2, -0.15) is 0 Å². The second-order valence-electron chi connectivity index (χ2n) is 8.21. The maximum Gasteiger partial charge on any atom is 0.193 e. The molecule has 0 saturated heterocycles. The first-order valence-electron chi connectivity index (χ1n) is 7.43. The smallest absolute Gasteiger partial charge is 0.193 e. The van der Waals surface area contributed by atoms with Crippen LogP contribution >= 0.6 is 0 Å². The molecule has 0 aliphatic carbocycles. The van der Waals surface area contributed by atoms with Gasteiger partial charge in [0.15, 0.2) is 8.32 Å². The fourth-order valence-corrected chi connectivity index (χ4v) is 3.34. The summed E-state index contributed by atoms with van der Waals surface area (Å²) in [5.74, 6) is 3.41. The van der Waals surface area contributed by atoms with Gasteiger partial charge in [0, 0.05) is 6.42 Å². The molecule has 0 heterocycles. The zero-order valence-corrected chi connectivity index (χ0v) is 16.8. The van der Waals surface area contributed by atoms with Crippen molar-refractivity contribution < 1.29 is 9.22 Å². The van der Waals surface area contributed by atoms with Gasteiger partial charge in [0.2, 0.25) is 0 Å². The minimum Gasteiger partial charge on any atom is -0.407 e. The first kappa shape index (κ1) is 19.6. The Morgan fingerprint density at radius 3 is 2.00 bits per heavy atom. The minimum absolute atomic E-state index is 0.123. The van der Waals surface area contributed by atoms with Gasteiger partial charge in [0.25, 0.3) is 0 Å². The molecule has 2 nitrogen and oxygen atoms in total. The largest absolute Gasteiger partial charge is 0.407 e. The van der Waals surface area contributed by atoms with Crippen LogP contribution in [-0.2, 0) is 9.22 Å². The number of hydrogen-bond acceptors (Lipinski definition) is 2. The number of carbonyl (C=O) groups is 1. The normalized spacial score (nSPS) is 16.1. The lowest BCUT2D eigenvalue weighted by atomic mass is 10.0. The summed E-state index contributed by atoms with van der Waals surface area (Å²) in [4.78, 5) is 11.4. The van der Waals surface area contributed by atoms with Crippen molar-refractivity contribution in [2.24, 2.45) is 5.92 Å². The molecule has 0 aromatic rings. The van der Waals surface area contributed by atoms with Gasteiger partial charge in [-0.25, -0.2) is 0 Å². The number of rotatable bonds is 5. The number of aldehydes is 1. The maximum absolute atomic E-state index is 11.4. The third kappa shape index (κ3) is 6.87. The Bertz CT molecular complexity index is 378. The Morgan fingerprint density at radius 1 is 1.15 bits per heavy atom. The third-order valence-electron chi connectivity index (χ3n) is 3.82. The predicted octanol–water partition coefficient (Wildman–Crippen LogP) is 4.48. The molecule has 0 spiro atoms. The molecule has 0 rings (SSSR count). The highest BCUT2D eigenvalue weighted by atomic mass is 28.4. The lowest BCUT2D eigenvalue weighted by molar-refractivity contribution is -0.116. The van der Waals surface area contributed by atoms with E-state index in [0.717, 1.165) is 12.7 Å². The van der Waals surface area contributed by atoms with E-state index in [2.05, 4.69) is 71.9 Å². The van der Waals surface area contributed by atoms with Crippen LogP contribution in [0.1, 0.15) is 34.1 Å². The molecule has 0 aliphatic rings. The molecule has 0 aromatic carbocycles. The van der Waals surface area contributed by atoms with Crippen LogP contribution in [0.15, 0.2) is 0 Å². The molecule has 2 atom stereocenters. The van der Waals surface area contributed by atoms with Crippen LogP contribution in [0.2, 0.25) is 37.8 Å². The molecule has 0 saturated carbocycles. The third-order valence-corrected chi connectivity index (χ3v) is 9.22. The fraction of sp³-hybridized carbons (Fsp3) is 0.812.